The number of rotatable bonds is 5. The highest BCUT2D eigenvalue weighted by molar-refractivity contribution is 5.31. The molecule has 1 heteroatoms. The average Bonchev–Trinajstić information content (AvgIpc) is 2.88. The summed E-state index contributed by atoms with van der Waals surface area (Å²) in [4.78, 5) is 0. The maximum atomic E-state index is 3.58. The summed E-state index contributed by atoms with van der Waals surface area (Å²) in [5.74, 6) is 1.84. The van der Waals surface area contributed by atoms with Gasteiger partial charge < -0.3 is 5.32 Å². The highest BCUT2D eigenvalue weighted by atomic mass is 14.9. The molecule has 1 aliphatic rings. The highest BCUT2D eigenvalue weighted by Crippen LogP contribution is 2.35. The third-order valence-corrected chi connectivity index (χ3v) is 5.04. The zero-order valence-electron chi connectivity index (χ0n) is 13.0. The molecule has 1 saturated carbocycles. The number of aryl methyl sites for hydroxylation is 2. The Kier molecular flexibility index (Phi) is 5.04. The van der Waals surface area contributed by atoms with Crippen LogP contribution in [0.15, 0.2) is 18.2 Å². The predicted molar refractivity (Wildman–Crippen MR) is 83.6 cm³/mol. The molecule has 3 unspecified atom stereocenters. The molecule has 106 valence electrons. The van der Waals surface area contributed by atoms with Gasteiger partial charge in [0, 0.05) is 6.04 Å². The second-order valence-electron chi connectivity index (χ2n) is 6.38. The van der Waals surface area contributed by atoms with Gasteiger partial charge in [-0.05, 0) is 63.1 Å². The summed E-state index contributed by atoms with van der Waals surface area (Å²) in [6, 6.07) is 7.50. The molecule has 3 atom stereocenters. The first-order valence-electron chi connectivity index (χ1n) is 7.87. The lowest BCUT2D eigenvalue weighted by atomic mass is 9.89. The van der Waals surface area contributed by atoms with Gasteiger partial charge in [-0.2, -0.15) is 0 Å². The second kappa shape index (κ2) is 6.56. The van der Waals surface area contributed by atoms with Crippen molar-refractivity contribution in [3.63, 3.8) is 0 Å². The van der Waals surface area contributed by atoms with Crippen LogP contribution in [-0.4, -0.2) is 13.1 Å². The molecule has 19 heavy (non-hydrogen) atoms. The minimum absolute atomic E-state index is 0.650. The SMILES string of the molecule is CCC1CCC(C(Cc2cc(C)ccc2C)NC)C1. The molecular weight excluding hydrogens is 230 g/mol. The summed E-state index contributed by atoms with van der Waals surface area (Å²) < 4.78 is 0. The first-order chi connectivity index (χ1) is 9.13. The maximum Gasteiger partial charge on any atom is 0.0133 e. The summed E-state index contributed by atoms with van der Waals surface area (Å²) in [5, 5.41) is 3.58. The molecule has 1 aromatic carbocycles. The molecule has 1 N–H and O–H groups in total. The van der Waals surface area contributed by atoms with Crippen molar-refractivity contribution in [2.75, 3.05) is 7.05 Å². The number of hydrogen-bond acceptors (Lipinski definition) is 1. The van der Waals surface area contributed by atoms with E-state index in [-0.39, 0.29) is 0 Å². The fraction of sp³-hybridized carbons (Fsp3) is 0.667. The van der Waals surface area contributed by atoms with Gasteiger partial charge in [0.1, 0.15) is 0 Å². The third kappa shape index (κ3) is 3.60. The van der Waals surface area contributed by atoms with Crippen LogP contribution in [0.5, 0.6) is 0 Å². The molecule has 0 saturated heterocycles. The van der Waals surface area contributed by atoms with Crippen molar-refractivity contribution >= 4 is 0 Å². The summed E-state index contributed by atoms with van der Waals surface area (Å²) in [5.41, 5.74) is 4.35. The van der Waals surface area contributed by atoms with Crippen molar-refractivity contribution in [3.05, 3.63) is 34.9 Å². The molecule has 1 aromatic rings. The molecule has 1 nitrogen and oxygen atoms in total. The first kappa shape index (κ1) is 14.6. The minimum Gasteiger partial charge on any atom is -0.316 e. The molecule has 0 amide bonds. The fourth-order valence-electron chi connectivity index (χ4n) is 3.61. The van der Waals surface area contributed by atoms with E-state index in [1.54, 1.807) is 0 Å². The Hall–Kier alpha value is -0.820. The van der Waals surface area contributed by atoms with Crippen LogP contribution in [0.25, 0.3) is 0 Å². The van der Waals surface area contributed by atoms with E-state index in [1.165, 1.54) is 48.8 Å². The molecule has 0 radical (unpaired) electrons. The fourth-order valence-corrected chi connectivity index (χ4v) is 3.61. The molecule has 0 spiro atoms. The summed E-state index contributed by atoms with van der Waals surface area (Å²) in [7, 11) is 2.13. The number of benzene rings is 1. The molecular formula is C18H29N. The third-order valence-electron chi connectivity index (χ3n) is 5.04. The largest absolute Gasteiger partial charge is 0.316 e. The van der Waals surface area contributed by atoms with Crippen LogP contribution in [-0.2, 0) is 6.42 Å². The summed E-state index contributed by atoms with van der Waals surface area (Å²) in [6.45, 7) is 6.77. The van der Waals surface area contributed by atoms with E-state index in [0.717, 1.165) is 11.8 Å². The van der Waals surface area contributed by atoms with Crippen molar-refractivity contribution in [3.8, 4) is 0 Å². The Labute approximate surface area is 118 Å². The van der Waals surface area contributed by atoms with E-state index >= 15 is 0 Å². The van der Waals surface area contributed by atoms with Crippen LogP contribution in [0, 0.1) is 25.7 Å². The minimum atomic E-state index is 0.650. The smallest absolute Gasteiger partial charge is 0.0133 e. The van der Waals surface area contributed by atoms with Crippen LogP contribution >= 0.6 is 0 Å². The Morgan fingerprint density at radius 3 is 2.68 bits per heavy atom. The maximum absolute atomic E-state index is 3.58. The van der Waals surface area contributed by atoms with Crippen molar-refractivity contribution in [2.24, 2.45) is 11.8 Å². The molecule has 0 aromatic heterocycles. The standard InChI is InChI=1S/C18H29N/c1-5-15-8-9-16(11-15)18(19-4)12-17-10-13(2)6-7-14(17)3/h6-7,10,15-16,18-19H,5,8-9,11-12H2,1-4H3. The van der Waals surface area contributed by atoms with Crippen molar-refractivity contribution in [2.45, 2.75) is 58.9 Å². The Morgan fingerprint density at radius 2 is 2.05 bits per heavy atom. The number of hydrogen-bond donors (Lipinski definition) is 1. The van der Waals surface area contributed by atoms with Crippen LogP contribution in [0.1, 0.15) is 49.3 Å². The average molecular weight is 259 g/mol. The van der Waals surface area contributed by atoms with Crippen LogP contribution in [0.4, 0.5) is 0 Å². The second-order valence-corrected chi connectivity index (χ2v) is 6.38. The lowest BCUT2D eigenvalue weighted by molar-refractivity contribution is 0.361. The highest BCUT2D eigenvalue weighted by Gasteiger charge is 2.29. The first-order valence-corrected chi connectivity index (χ1v) is 7.87. The van der Waals surface area contributed by atoms with Crippen molar-refractivity contribution in [1.29, 1.82) is 0 Å². The van der Waals surface area contributed by atoms with E-state index in [4.69, 9.17) is 0 Å². The van der Waals surface area contributed by atoms with Gasteiger partial charge in [-0.15, -0.1) is 0 Å². The van der Waals surface area contributed by atoms with E-state index < -0.39 is 0 Å². The Balaban J connectivity index is 2.05. The van der Waals surface area contributed by atoms with Crippen LogP contribution < -0.4 is 5.32 Å². The van der Waals surface area contributed by atoms with Gasteiger partial charge in [-0.1, -0.05) is 43.5 Å². The normalized spacial score (nSPS) is 24.6. The predicted octanol–water partition coefficient (Wildman–Crippen LogP) is 4.26. The van der Waals surface area contributed by atoms with Gasteiger partial charge in [-0.25, -0.2) is 0 Å². The lowest BCUT2D eigenvalue weighted by Gasteiger charge is -2.24. The van der Waals surface area contributed by atoms with Gasteiger partial charge in [0.25, 0.3) is 0 Å². The van der Waals surface area contributed by atoms with E-state index in [9.17, 15) is 0 Å². The molecule has 0 heterocycles. The van der Waals surface area contributed by atoms with E-state index in [1.807, 2.05) is 0 Å². The van der Waals surface area contributed by atoms with Gasteiger partial charge in [0.15, 0.2) is 0 Å². The van der Waals surface area contributed by atoms with Crippen LogP contribution in [0.2, 0.25) is 0 Å². The van der Waals surface area contributed by atoms with Gasteiger partial charge in [0.2, 0.25) is 0 Å². The van der Waals surface area contributed by atoms with Crippen molar-refractivity contribution < 1.29 is 0 Å². The number of likely N-dealkylation sites (N-methyl/N-ethyl adjacent to an activating group) is 1. The van der Waals surface area contributed by atoms with E-state index in [0.29, 0.717) is 6.04 Å². The Morgan fingerprint density at radius 1 is 1.26 bits per heavy atom. The molecule has 1 fully saturated rings. The molecule has 2 rings (SSSR count). The van der Waals surface area contributed by atoms with Gasteiger partial charge in [-0.3, -0.25) is 0 Å². The molecule has 0 bridgehead atoms. The zero-order valence-corrected chi connectivity index (χ0v) is 13.0. The summed E-state index contributed by atoms with van der Waals surface area (Å²) >= 11 is 0. The number of nitrogens with one attached hydrogen (secondary N) is 1. The zero-order chi connectivity index (χ0) is 13.8. The van der Waals surface area contributed by atoms with Crippen LogP contribution in [0.3, 0.4) is 0 Å². The topological polar surface area (TPSA) is 12.0 Å². The van der Waals surface area contributed by atoms with Gasteiger partial charge >= 0.3 is 0 Å². The van der Waals surface area contributed by atoms with Gasteiger partial charge in [0.05, 0.1) is 0 Å². The monoisotopic (exact) mass is 259 g/mol. The van der Waals surface area contributed by atoms with E-state index in [2.05, 4.69) is 51.3 Å². The quantitative estimate of drug-likeness (QED) is 0.833. The summed E-state index contributed by atoms with van der Waals surface area (Å²) in [6.07, 6.45) is 6.81. The Bertz CT molecular complexity index is 410. The lowest BCUT2D eigenvalue weighted by Crippen LogP contribution is -2.34. The van der Waals surface area contributed by atoms with Crippen molar-refractivity contribution in [1.82, 2.24) is 5.32 Å². The molecule has 0 aliphatic heterocycles. The molecule has 1 aliphatic carbocycles.